The highest BCUT2D eigenvalue weighted by atomic mass is 16.5. The molecular weight excluding hydrogens is 262 g/mol. The Kier molecular flexibility index (Phi) is 3.95. The molecule has 2 atom stereocenters. The van der Waals surface area contributed by atoms with E-state index in [1.807, 2.05) is 18.2 Å². The largest absolute Gasteiger partial charge is 0.485 e. The van der Waals surface area contributed by atoms with E-state index < -0.39 is 0 Å². The predicted molar refractivity (Wildman–Crippen MR) is 83.2 cm³/mol. The average Bonchev–Trinajstić information content (AvgIpc) is 2.49. The van der Waals surface area contributed by atoms with E-state index in [9.17, 15) is 0 Å². The number of hydrogen-bond acceptors (Lipinski definition) is 3. The zero-order chi connectivity index (χ0) is 14.8. The summed E-state index contributed by atoms with van der Waals surface area (Å²) in [5.41, 5.74) is 11.0. The molecule has 0 saturated heterocycles. The number of hydrogen-bond donors (Lipinski definition) is 1. The molecule has 0 spiro atoms. The molecule has 3 heteroatoms. The molecule has 0 fully saturated rings. The highest BCUT2D eigenvalue weighted by Gasteiger charge is 2.28. The van der Waals surface area contributed by atoms with Crippen molar-refractivity contribution in [3.63, 3.8) is 0 Å². The van der Waals surface area contributed by atoms with Crippen molar-refractivity contribution in [3.8, 4) is 5.75 Å². The fourth-order valence-electron chi connectivity index (χ4n) is 2.95. The highest BCUT2D eigenvalue weighted by molar-refractivity contribution is 5.42. The third-order valence-corrected chi connectivity index (χ3v) is 4.00. The molecule has 0 amide bonds. The van der Waals surface area contributed by atoms with Crippen LogP contribution < -0.4 is 10.5 Å². The van der Waals surface area contributed by atoms with Gasteiger partial charge in [0, 0.05) is 25.1 Å². The molecule has 0 aromatic heterocycles. The Bertz CT molecular complexity index is 639. The first kappa shape index (κ1) is 14.1. The summed E-state index contributed by atoms with van der Waals surface area (Å²) in [5.74, 6) is 0.900. The average molecular weight is 283 g/mol. The summed E-state index contributed by atoms with van der Waals surface area (Å²) in [4.78, 5) is 0. The van der Waals surface area contributed by atoms with Gasteiger partial charge in [0.1, 0.15) is 11.9 Å². The molecule has 2 aromatic carbocycles. The maximum absolute atomic E-state index is 6.36. The smallest absolute Gasteiger partial charge is 0.126 e. The lowest BCUT2D eigenvalue weighted by Crippen LogP contribution is -2.25. The molecule has 1 aliphatic heterocycles. The Morgan fingerprint density at radius 3 is 2.81 bits per heavy atom. The van der Waals surface area contributed by atoms with Crippen LogP contribution in [0.5, 0.6) is 5.75 Å². The molecular formula is C18H21NO2. The van der Waals surface area contributed by atoms with Crippen molar-refractivity contribution >= 4 is 0 Å². The van der Waals surface area contributed by atoms with Crippen molar-refractivity contribution < 1.29 is 9.47 Å². The molecule has 1 heterocycles. The van der Waals surface area contributed by atoms with E-state index in [1.54, 1.807) is 7.11 Å². The summed E-state index contributed by atoms with van der Waals surface area (Å²) < 4.78 is 11.5. The van der Waals surface area contributed by atoms with E-state index >= 15 is 0 Å². The minimum absolute atomic E-state index is 0.00857. The predicted octanol–water partition coefficient (Wildman–Crippen LogP) is 3.67. The molecule has 3 nitrogen and oxygen atoms in total. The second-order valence-electron chi connectivity index (χ2n) is 5.62. The summed E-state index contributed by atoms with van der Waals surface area (Å²) >= 11 is 0. The zero-order valence-electron chi connectivity index (χ0n) is 12.5. The van der Waals surface area contributed by atoms with Gasteiger partial charge in [-0.25, -0.2) is 0 Å². The van der Waals surface area contributed by atoms with Crippen LogP contribution in [-0.2, 0) is 11.3 Å². The maximum Gasteiger partial charge on any atom is 0.126 e. The monoisotopic (exact) mass is 283 g/mol. The third-order valence-electron chi connectivity index (χ3n) is 4.00. The minimum Gasteiger partial charge on any atom is -0.485 e. The Labute approximate surface area is 125 Å². The molecule has 0 bridgehead atoms. The fourth-order valence-corrected chi connectivity index (χ4v) is 2.95. The SMILES string of the molecule is COCc1ccccc1C1CC(N)c2cc(C)ccc2O1. The first-order chi connectivity index (χ1) is 10.2. The van der Waals surface area contributed by atoms with Crippen molar-refractivity contribution in [1.29, 1.82) is 0 Å². The van der Waals surface area contributed by atoms with Gasteiger partial charge in [0.2, 0.25) is 0 Å². The Balaban J connectivity index is 1.94. The van der Waals surface area contributed by atoms with Gasteiger partial charge in [-0.1, -0.05) is 42.0 Å². The van der Waals surface area contributed by atoms with Crippen molar-refractivity contribution in [3.05, 3.63) is 64.7 Å². The van der Waals surface area contributed by atoms with Gasteiger partial charge in [-0.15, -0.1) is 0 Å². The Hall–Kier alpha value is -1.84. The van der Waals surface area contributed by atoms with Crippen molar-refractivity contribution in [2.45, 2.75) is 32.1 Å². The Morgan fingerprint density at radius 2 is 2.00 bits per heavy atom. The zero-order valence-corrected chi connectivity index (χ0v) is 12.5. The van der Waals surface area contributed by atoms with Crippen LogP contribution in [0, 0.1) is 6.92 Å². The quantitative estimate of drug-likeness (QED) is 0.934. The van der Waals surface area contributed by atoms with Crippen LogP contribution in [-0.4, -0.2) is 7.11 Å². The fraction of sp³-hybridized carbons (Fsp3) is 0.333. The van der Waals surface area contributed by atoms with Crippen molar-refractivity contribution in [2.75, 3.05) is 7.11 Å². The highest BCUT2D eigenvalue weighted by Crippen LogP contribution is 2.40. The summed E-state index contributed by atoms with van der Waals surface area (Å²) in [6.45, 7) is 2.67. The number of methoxy groups -OCH3 is 1. The van der Waals surface area contributed by atoms with E-state index in [0.29, 0.717) is 6.61 Å². The number of nitrogens with two attached hydrogens (primary N) is 1. The Morgan fingerprint density at radius 1 is 1.19 bits per heavy atom. The van der Waals surface area contributed by atoms with E-state index in [0.717, 1.165) is 23.3 Å². The molecule has 2 N–H and O–H groups in total. The van der Waals surface area contributed by atoms with Gasteiger partial charge < -0.3 is 15.2 Å². The van der Waals surface area contributed by atoms with Gasteiger partial charge >= 0.3 is 0 Å². The standard InChI is InChI=1S/C18H21NO2/c1-12-7-8-17-15(9-12)16(19)10-18(21-17)14-6-4-3-5-13(14)11-20-2/h3-9,16,18H,10-11,19H2,1-2H3. The molecule has 21 heavy (non-hydrogen) atoms. The summed E-state index contributed by atoms with van der Waals surface area (Å²) in [7, 11) is 1.71. The van der Waals surface area contributed by atoms with E-state index in [2.05, 4.69) is 31.2 Å². The van der Waals surface area contributed by atoms with Gasteiger partial charge in [0.05, 0.1) is 6.61 Å². The first-order valence-corrected chi connectivity index (χ1v) is 7.28. The number of rotatable bonds is 3. The molecule has 0 radical (unpaired) electrons. The van der Waals surface area contributed by atoms with Gasteiger partial charge in [-0.2, -0.15) is 0 Å². The molecule has 0 aliphatic carbocycles. The number of fused-ring (bicyclic) bond motifs is 1. The number of aryl methyl sites for hydroxylation is 1. The third kappa shape index (κ3) is 2.80. The van der Waals surface area contributed by atoms with E-state index in [1.165, 1.54) is 11.1 Å². The van der Waals surface area contributed by atoms with Crippen LogP contribution in [0.1, 0.15) is 40.8 Å². The minimum atomic E-state index is -0.0124. The first-order valence-electron chi connectivity index (χ1n) is 7.28. The van der Waals surface area contributed by atoms with Gasteiger partial charge in [0.25, 0.3) is 0 Å². The molecule has 3 rings (SSSR count). The lowest BCUT2D eigenvalue weighted by molar-refractivity contribution is 0.151. The molecule has 110 valence electrons. The van der Waals surface area contributed by atoms with Gasteiger partial charge in [-0.05, 0) is 24.1 Å². The second-order valence-corrected chi connectivity index (χ2v) is 5.62. The molecule has 1 aliphatic rings. The lowest BCUT2D eigenvalue weighted by atomic mass is 9.91. The van der Waals surface area contributed by atoms with Gasteiger partial charge in [0.15, 0.2) is 0 Å². The van der Waals surface area contributed by atoms with Crippen LogP contribution >= 0.6 is 0 Å². The topological polar surface area (TPSA) is 44.5 Å². The van der Waals surface area contributed by atoms with Crippen molar-refractivity contribution in [2.24, 2.45) is 5.73 Å². The summed E-state index contributed by atoms with van der Waals surface area (Å²) in [5, 5.41) is 0. The van der Waals surface area contributed by atoms with E-state index in [-0.39, 0.29) is 12.1 Å². The van der Waals surface area contributed by atoms with E-state index in [4.69, 9.17) is 15.2 Å². The number of ether oxygens (including phenoxy) is 2. The van der Waals surface area contributed by atoms with Gasteiger partial charge in [-0.3, -0.25) is 0 Å². The molecule has 2 unspecified atom stereocenters. The maximum atomic E-state index is 6.36. The number of benzene rings is 2. The molecule has 2 aromatic rings. The summed E-state index contributed by atoms with van der Waals surface area (Å²) in [6, 6.07) is 14.5. The molecule has 0 saturated carbocycles. The second kappa shape index (κ2) is 5.88. The van der Waals surface area contributed by atoms with Crippen molar-refractivity contribution in [1.82, 2.24) is 0 Å². The van der Waals surface area contributed by atoms with Crippen LogP contribution in [0.15, 0.2) is 42.5 Å². The summed E-state index contributed by atoms with van der Waals surface area (Å²) in [6.07, 6.45) is 0.776. The van der Waals surface area contributed by atoms with Crippen LogP contribution in [0.25, 0.3) is 0 Å². The lowest BCUT2D eigenvalue weighted by Gasteiger charge is -2.31. The van der Waals surface area contributed by atoms with Crippen LogP contribution in [0.4, 0.5) is 0 Å². The van der Waals surface area contributed by atoms with Crippen LogP contribution in [0.3, 0.4) is 0 Å². The normalized spacial score (nSPS) is 20.7. The van der Waals surface area contributed by atoms with Crippen LogP contribution in [0.2, 0.25) is 0 Å².